The number of aromatic carboxylic acids is 1. The van der Waals surface area contributed by atoms with Gasteiger partial charge in [0.1, 0.15) is 6.04 Å². The molecule has 1 aliphatic heterocycles. The summed E-state index contributed by atoms with van der Waals surface area (Å²) in [6, 6.07) is 4.05. The van der Waals surface area contributed by atoms with E-state index in [2.05, 4.69) is 15.6 Å². The summed E-state index contributed by atoms with van der Waals surface area (Å²) in [4.78, 5) is 38.2. The number of carbonyl (C=O) groups is 3. The van der Waals surface area contributed by atoms with Crippen molar-refractivity contribution in [2.45, 2.75) is 18.9 Å². The van der Waals surface area contributed by atoms with Crippen molar-refractivity contribution in [1.29, 1.82) is 0 Å². The molecule has 0 aliphatic carbocycles. The van der Waals surface area contributed by atoms with Crippen LogP contribution in [0.25, 0.3) is 10.2 Å². The molecular weight excluding hydrogens is 294 g/mol. The van der Waals surface area contributed by atoms with Crippen LogP contribution in [0.1, 0.15) is 23.2 Å². The summed E-state index contributed by atoms with van der Waals surface area (Å²) in [5.41, 5.74) is 0.794. The molecule has 108 valence electrons. The van der Waals surface area contributed by atoms with Crippen LogP contribution in [0.3, 0.4) is 0 Å². The van der Waals surface area contributed by atoms with Crippen LogP contribution in [0, 0.1) is 0 Å². The SMILES string of the molecule is O=C1CC[C@H](C(=O)Nc2nc3ccc(C(=O)O)cc3s2)N1. The van der Waals surface area contributed by atoms with Gasteiger partial charge in [-0.2, -0.15) is 0 Å². The molecule has 0 bridgehead atoms. The number of nitrogens with zero attached hydrogens (tertiary/aromatic N) is 1. The predicted octanol–water partition coefficient (Wildman–Crippen LogP) is 1.21. The largest absolute Gasteiger partial charge is 0.478 e. The Balaban J connectivity index is 1.79. The van der Waals surface area contributed by atoms with Crippen LogP contribution in [-0.4, -0.2) is 33.9 Å². The first-order valence-corrected chi connectivity index (χ1v) is 7.09. The molecule has 2 aromatic rings. The van der Waals surface area contributed by atoms with Gasteiger partial charge in [0.2, 0.25) is 11.8 Å². The van der Waals surface area contributed by atoms with Crippen molar-refractivity contribution in [3.63, 3.8) is 0 Å². The first-order valence-electron chi connectivity index (χ1n) is 6.27. The molecule has 2 amide bonds. The van der Waals surface area contributed by atoms with Gasteiger partial charge in [-0.05, 0) is 24.6 Å². The summed E-state index contributed by atoms with van der Waals surface area (Å²) in [6.07, 6.45) is 0.818. The maximum absolute atomic E-state index is 12.0. The highest BCUT2D eigenvalue weighted by atomic mass is 32.1. The Labute approximate surface area is 123 Å². The Morgan fingerprint density at radius 3 is 2.90 bits per heavy atom. The molecule has 0 saturated carbocycles. The molecule has 3 rings (SSSR count). The van der Waals surface area contributed by atoms with Crippen LogP contribution in [0.5, 0.6) is 0 Å². The molecule has 0 radical (unpaired) electrons. The zero-order valence-corrected chi connectivity index (χ0v) is 11.6. The van der Waals surface area contributed by atoms with Gasteiger partial charge in [0.05, 0.1) is 15.8 Å². The fourth-order valence-electron chi connectivity index (χ4n) is 2.11. The molecule has 8 heteroatoms. The fraction of sp³-hybridized carbons (Fsp3) is 0.231. The lowest BCUT2D eigenvalue weighted by Crippen LogP contribution is -2.37. The fourth-order valence-corrected chi connectivity index (χ4v) is 3.02. The number of rotatable bonds is 3. The molecule has 1 aromatic heterocycles. The molecule has 1 atom stereocenters. The minimum atomic E-state index is -1.01. The molecule has 1 fully saturated rings. The number of amides is 2. The molecule has 1 aromatic carbocycles. The molecule has 0 spiro atoms. The topological polar surface area (TPSA) is 108 Å². The van der Waals surface area contributed by atoms with Gasteiger partial charge in [0, 0.05) is 6.42 Å². The van der Waals surface area contributed by atoms with Crippen LogP contribution in [0.4, 0.5) is 5.13 Å². The third-order valence-corrected chi connectivity index (χ3v) is 4.11. The first kappa shape index (κ1) is 13.5. The van der Waals surface area contributed by atoms with Crippen LogP contribution in [-0.2, 0) is 9.59 Å². The molecular formula is C13H11N3O4S. The van der Waals surface area contributed by atoms with E-state index in [-0.39, 0.29) is 17.4 Å². The van der Waals surface area contributed by atoms with Crippen LogP contribution >= 0.6 is 11.3 Å². The zero-order valence-electron chi connectivity index (χ0n) is 10.8. The predicted molar refractivity (Wildman–Crippen MR) is 76.4 cm³/mol. The van der Waals surface area contributed by atoms with E-state index in [0.717, 1.165) is 0 Å². The van der Waals surface area contributed by atoms with Crippen molar-refractivity contribution in [3.8, 4) is 0 Å². The maximum Gasteiger partial charge on any atom is 0.335 e. The molecule has 2 heterocycles. The second-order valence-electron chi connectivity index (χ2n) is 4.65. The monoisotopic (exact) mass is 305 g/mol. The Kier molecular flexibility index (Phi) is 3.30. The second-order valence-corrected chi connectivity index (χ2v) is 5.69. The van der Waals surface area contributed by atoms with E-state index in [0.29, 0.717) is 28.2 Å². The average Bonchev–Trinajstić information content (AvgIpc) is 3.03. The number of aromatic nitrogens is 1. The smallest absolute Gasteiger partial charge is 0.335 e. The lowest BCUT2D eigenvalue weighted by Gasteiger charge is -2.08. The van der Waals surface area contributed by atoms with Gasteiger partial charge in [-0.3, -0.25) is 9.59 Å². The number of nitrogens with one attached hydrogen (secondary N) is 2. The van der Waals surface area contributed by atoms with Crippen molar-refractivity contribution in [2.75, 3.05) is 5.32 Å². The van der Waals surface area contributed by atoms with Crippen molar-refractivity contribution >= 4 is 44.5 Å². The molecule has 21 heavy (non-hydrogen) atoms. The number of carboxylic acids is 1. The third-order valence-electron chi connectivity index (χ3n) is 3.18. The summed E-state index contributed by atoms with van der Waals surface area (Å²) >= 11 is 1.20. The van der Waals surface area contributed by atoms with Crippen molar-refractivity contribution in [2.24, 2.45) is 0 Å². The Morgan fingerprint density at radius 2 is 2.24 bits per heavy atom. The van der Waals surface area contributed by atoms with Gasteiger partial charge in [-0.1, -0.05) is 11.3 Å². The maximum atomic E-state index is 12.0. The van der Waals surface area contributed by atoms with Gasteiger partial charge in [-0.15, -0.1) is 0 Å². The zero-order chi connectivity index (χ0) is 15.0. The quantitative estimate of drug-likeness (QED) is 0.790. The van der Waals surface area contributed by atoms with Gasteiger partial charge < -0.3 is 15.7 Å². The van der Waals surface area contributed by atoms with E-state index in [1.54, 1.807) is 6.07 Å². The number of hydrogen-bond donors (Lipinski definition) is 3. The molecule has 1 aliphatic rings. The van der Waals surface area contributed by atoms with Crippen molar-refractivity contribution in [3.05, 3.63) is 23.8 Å². The number of carbonyl (C=O) groups excluding carboxylic acids is 2. The van der Waals surface area contributed by atoms with Crippen molar-refractivity contribution in [1.82, 2.24) is 10.3 Å². The second kappa shape index (κ2) is 5.13. The minimum Gasteiger partial charge on any atom is -0.478 e. The van der Waals surface area contributed by atoms with Crippen LogP contribution in [0.15, 0.2) is 18.2 Å². The van der Waals surface area contributed by atoms with E-state index in [1.807, 2.05) is 0 Å². The molecule has 1 saturated heterocycles. The van der Waals surface area contributed by atoms with Crippen LogP contribution in [0.2, 0.25) is 0 Å². The number of anilines is 1. The lowest BCUT2D eigenvalue weighted by molar-refractivity contribution is -0.122. The van der Waals surface area contributed by atoms with Gasteiger partial charge in [-0.25, -0.2) is 9.78 Å². The lowest BCUT2D eigenvalue weighted by atomic mass is 10.2. The standard InChI is InChI=1S/C13H11N3O4S/c17-10-4-3-8(14-10)11(18)16-13-15-7-2-1-6(12(19)20)5-9(7)21-13/h1-2,5,8H,3-4H2,(H,14,17)(H,19,20)(H,15,16,18)/t8-/m1/s1. The summed E-state index contributed by atoms with van der Waals surface area (Å²) in [7, 11) is 0. The first-order chi connectivity index (χ1) is 10.0. The summed E-state index contributed by atoms with van der Waals surface area (Å²) < 4.78 is 0.681. The summed E-state index contributed by atoms with van der Waals surface area (Å²) in [6.45, 7) is 0. The van der Waals surface area contributed by atoms with E-state index < -0.39 is 12.0 Å². The Bertz CT molecular complexity index is 755. The summed E-state index contributed by atoms with van der Waals surface area (Å²) in [5, 5.41) is 14.6. The number of thiazole rings is 1. The van der Waals surface area contributed by atoms with E-state index >= 15 is 0 Å². The Morgan fingerprint density at radius 1 is 1.43 bits per heavy atom. The highest BCUT2D eigenvalue weighted by molar-refractivity contribution is 7.22. The molecule has 3 N–H and O–H groups in total. The van der Waals surface area contributed by atoms with Gasteiger partial charge >= 0.3 is 5.97 Å². The molecule has 7 nitrogen and oxygen atoms in total. The average molecular weight is 305 g/mol. The highest BCUT2D eigenvalue weighted by Crippen LogP contribution is 2.27. The summed E-state index contributed by atoms with van der Waals surface area (Å²) in [5.74, 6) is -1.45. The number of hydrogen-bond acceptors (Lipinski definition) is 5. The van der Waals surface area contributed by atoms with Gasteiger partial charge in [0.25, 0.3) is 0 Å². The van der Waals surface area contributed by atoms with E-state index in [9.17, 15) is 14.4 Å². The normalized spacial score (nSPS) is 17.7. The minimum absolute atomic E-state index is 0.134. The van der Waals surface area contributed by atoms with Crippen LogP contribution < -0.4 is 10.6 Å². The van der Waals surface area contributed by atoms with Crippen molar-refractivity contribution < 1.29 is 19.5 Å². The third kappa shape index (κ3) is 2.70. The highest BCUT2D eigenvalue weighted by Gasteiger charge is 2.27. The number of benzene rings is 1. The number of fused-ring (bicyclic) bond motifs is 1. The Hall–Kier alpha value is -2.48. The van der Waals surface area contributed by atoms with E-state index in [4.69, 9.17) is 5.11 Å². The number of carboxylic acid groups (broad SMARTS) is 1. The molecule has 0 unspecified atom stereocenters. The van der Waals surface area contributed by atoms with E-state index in [1.165, 1.54) is 23.5 Å². The van der Waals surface area contributed by atoms with Gasteiger partial charge in [0.15, 0.2) is 5.13 Å².